The smallest absolute Gasteiger partial charge is 0.322 e. The van der Waals surface area contributed by atoms with E-state index in [2.05, 4.69) is 10.6 Å². The molecule has 0 bridgehead atoms. The van der Waals surface area contributed by atoms with Gasteiger partial charge in [-0.3, -0.25) is 14.3 Å². The molecular formula is C7H12N2O3S. The molecule has 13 heavy (non-hydrogen) atoms. The first-order valence-electron chi connectivity index (χ1n) is 3.99. The fourth-order valence-corrected chi connectivity index (χ4v) is 1.88. The number of imide groups is 1. The van der Waals surface area contributed by atoms with E-state index in [0.29, 0.717) is 0 Å². The maximum absolute atomic E-state index is 11.3. The van der Waals surface area contributed by atoms with Gasteiger partial charge in [-0.2, -0.15) is 0 Å². The van der Waals surface area contributed by atoms with Gasteiger partial charge in [0.15, 0.2) is 0 Å². The van der Waals surface area contributed by atoms with Crippen LogP contribution < -0.4 is 10.6 Å². The molecule has 1 saturated heterocycles. The molecule has 1 fully saturated rings. The summed E-state index contributed by atoms with van der Waals surface area (Å²) in [5.74, 6) is -0.200. The monoisotopic (exact) mass is 204 g/mol. The van der Waals surface area contributed by atoms with Crippen LogP contribution in [0.5, 0.6) is 0 Å². The van der Waals surface area contributed by atoms with Gasteiger partial charge in [0.05, 0.1) is 5.75 Å². The van der Waals surface area contributed by atoms with E-state index < -0.39 is 22.9 Å². The molecule has 1 aliphatic heterocycles. The van der Waals surface area contributed by atoms with E-state index in [0.717, 1.165) is 0 Å². The van der Waals surface area contributed by atoms with Crippen LogP contribution in [0.3, 0.4) is 0 Å². The molecule has 0 saturated carbocycles. The Balaban J connectivity index is 2.51. The van der Waals surface area contributed by atoms with Crippen LogP contribution >= 0.6 is 0 Å². The minimum Gasteiger partial charge on any atom is -0.325 e. The highest BCUT2D eigenvalue weighted by Crippen LogP contribution is 2.00. The van der Waals surface area contributed by atoms with Gasteiger partial charge in [0.2, 0.25) is 0 Å². The van der Waals surface area contributed by atoms with Gasteiger partial charge < -0.3 is 5.32 Å². The molecule has 0 radical (unpaired) electrons. The molecule has 0 aliphatic carbocycles. The van der Waals surface area contributed by atoms with Crippen molar-refractivity contribution in [3.63, 3.8) is 0 Å². The summed E-state index contributed by atoms with van der Waals surface area (Å²) in [6.45, 7) is 3.62. The number of carbonyl (C=O) groups is 2. The van der Waals surface area contributed by atoms with E-state index in [1.165, 1.54) is 0 Å². The van der Waals surface area contributed by atoms with Crippen LogP contribution in [0, 0.1) is 0 Å². The summed E-state index contributed by atoms with van der Waals surface area (Å²) in [7, 11) is -1.07. The minimum atomic E-state index is -1.07. The maximum atomic E-state index is 11.3. The van der Waals surface area contributed by atoms with Crippen molar-refractivity contribution in [1.29, 1.82) is 0 Å². The van der Waals surface area contributed by atoms with Gasteiger partial charge >= 0.3 is 6.03 Å². The van der Waals surface area contributed by atoms with Gasteiger partial charge in [-0.25, -0.2) is 4.79 Å². The highest BCUT2D eigenvalue weighted by atomic mass is 32.2. The van der Waals surface area contributed by atoms with Crippen LogP contribution in [0.15, 0.2) is 0 Å². The van der Waals surface area contributed by atoms with Crippen LogP contribution in [0.1, 0.15) is 13.8 Å². The third-order valence-corrected chi connectivity index (χ3v) is 3.43. The molecule has 2 atom stereocenters. The summed E-state index contributed by atoms with van der Waals surface area (Å²) < 4.78 is 11.3. The molecule has 0 unspecified atom stereocenters. The van der Waals surface area contributed by atoms with Gasteiger partial charge in [-0.15, -0.1) is 0 Å². The molecule has 74 valence electrons. The van der Waals surface area contributed by atoms with E-state index in [1.54, 1.807) is 0 Å². The van der Waals surface area contributed by atoms with Gasteiger partial charge in [-0.05, 0) is 0 Å². The predicted molar refractivity (Wildman–Crippen MR) is 48.6 cm³/mol. The Morgan fingerprint density at radius 3 is 2.46 bits per heavy atom. The quantitative estimate of drug-likeness (QED) is 0.600. The Labute approximate surface area is 78.7 Å². The second-order valence-corrected chi connectivity index (χ2v) is 5.15. The lowest BCUT2D eigenvalue weighted by atomic mass is 10.3. The molecule has 0 aromatic heterocycles. The average molecular weight is 204 g/mol. The predicted octanol–water partition coefficient (Wildman–Crippen LogP) is -0.649. The number of hydrogen-bond acceptors (Lipinski definition) is 3. The van der Waals surface area contributed by atoms with Gasteiger partial charge in [0.25, 0.3) is 5.91 Å². The third kappa shape index (κ3) is 2.51. The number of rotatable bonds is 3. The van der Waals surface area contributed by atoms with Gasteiger partial charge in [0.1, 0.15) is 6.04 Å². The molecular weight excluding hydrogens is 192 g/mol. The fraction of sp³-hybridized carbons (Fsp3) is 0.714. The first kappa shape index (κ1) is 10.2. The molecule has 1 aliphatic rings. The zero-order valence-corrected chi connectivity index (χ0v) is 8.31. The second kappa shape index (κ2) is 3.87. The number of urea groups is 1. The minimum absolute atomic E-state index is 0.00491. The Morgan fingerprint density at radius 1 is 1.46 bits per heavy atom. The Morgan fingerprint density at radius 2 is 2.08 bits per heavy atom. The van der Waals surface area contributed by atoms with Crippen molar-refractivity contribution in [3.8, 4) is 0 Å². The van der Waals surface area contributed by atoms with E-state index in [9.17, 15) is 13.8 Å². The van der Waals surface area contributed by atoms with Crippen molar-refractivity contribution in [1.82, 2.24) is 10.6 Å². The van der Waals surface area contributed by atoms with E-state index in [-0.39, 0.29) is 16.9 Å². The number of carbonyl (C=O) groups excluding carboxylic acids is 2. The number of nitrogens with one attached hydrogen (secondary N) is 2. The van der Waals surface area contributed by atoms with Crippen LogP contribution in [-0.4, -0.2) is 33.2 Å². The highest BCUT2D eigenvalue weighted by molar-refractivity contribution is 7.85. The lowest BCUT2D eigenvalue weighted by Gasteiger charge is -2.08. The second-order valence-electron chi connectivity index (χ2n) is 3.11. The Kier molecular flexibility index (Phi) is 3.02. The number of hydrogen-bond donors (Lipinski definition) is 2. The average Bonchev–Trinajstić information content (AvgIpc) is 2.30. The molecule has 1 rings (SSSR count). The first-order valence-corrected chi connectivity index (χ1v) is 5.37. The summed E-state index contributed by atoms with van der Waals surface area (Å²) in [5, 5.41) is 4.49. The van der Waals surface area contributed by atoms with Crippen molar-refractivity contribution < 1.29 is 13.8 Å². The largest absolute Gasteiger partial charge is 0.325 e. The van der Waals surface area contributed by atoms with Gasteiger partial charge in [-0.1, -0.05) is 13.8 Å². The summed E-state index contributed by atoms with van der Waals surface area (Å²) in [6.07, 6.45) is 0. The van der Waals surface area contributed by atoms with E-state index >= 15 is 0 Å². The molecule has 6 heteroatoms. The van der Waals surface area contributed by atoms with Crippen LogP contribution in [0.2, 0.25) is 0 Å². The Bertz CT molecular complexity index is 264. The number of amides is 3. The van der Waals surface area contributed by atoms with Crippen LogP contribution in [-0.2, 0) is 15.6 Å². The highest BCUT2D eigenvalue weighted by Gasteiger charge is 2.31. The maximum Gasteiger partial charge on any atom is 0.322 e. The third-order valence-electron chi connectivity index (χ3n) is 1.72. The van der Waals surface area contributed by atoms with Crippen LogP contribution in [0.25, 0.3) is 0 Å². The molecule has 0 aromatic carbocycles. The summed E-state index contributed by atoms with van der Waals surface area (Å²) >= 11 is 0. The summed E-state index contributed by atoms with van der Waals surface area (Å²) in [6, 6.07) is -1.13. The molecule has 2 N–H and O–H groups in total. The van der Waals surface area contributed by atoms with Crippen molar-refractivity contribution in [2.45, 2.75) is 25.1 Å². The van der Waals surface area contributed by atoms with E-state index in [4.69, 9.17) is 0 Å². The summed E-state index contributed by atoms with van der Waals surface area (Å²) in [4.78, 5) is 21.7. The van der Waals surface area contributed by atoms with E-state index in [1.807, 2.05) is 13.8 Å². The molecule has 5 nitrogen and oxygen atoms in total. The Hall–Kier alpha value is -0.910. The van der Waals surface area contributed by atoms with Crippen molar-refractivity contribution in [3.05, 3.63) is 0 Å². The first-order chi connectivity index (χ1) is 6.00. The zero-order chi connectivity index (χ0) is 10.0. The fourth-order valence-electron chi connectivity index (χ4n) is 0.933. The topological polar surface area (TPSA) is 75.3 Å². The normalized spacial score (nSPS) is 24.4. The molecule has 3 amide bonds. The zero-order valence-electron chi connectivity index (χ0n) is 7.49. The van der Waals surface area contributed by atoms with Crippen molar-refractivity contribution >= 4 is 22.7 Å². The standard InChI is InChI=1S/C7H12N2O3S/c1-4(2)13(12)3-5-6(10)9-7(11)8-5/h4-5H,3H2,1-2H3,(H2,8,9,10,11)/t5-,13-/m0/s1. The molecule has 0 spiro atoms. The van der Waals surface area contributed by atoms with Crippen LogP contribution in [0.4, 0.5) is 4.79 Å². The lowest BCUT2D eigenvalue weighted by molar-refractivity contribution is -0.119. The van der Waals surface area contributed by atoms with Crippen molar-refractivity contribution in [2.24, 2.45) is 0 Å². The molecule has 0 aromatic rings. The molecule has 1 heterocycles. The van der Waals surface area contributed by atoms with Crippen molar-refractivity contribution in [2.75, 3.05) is 5.75 Å². The van der Waals surface area contributed by atoms with Gasteiger partial charge in [0, 0.05) is 16.0 Å². The SMILES string of the molecule is CC(C)[S@@](=O)C[C@@H]1NC(=O)NC1=O. The lowest BCUT2D eigenvalue weighted by Crippen LogP contribution is -2.36. The summed E-state index contributed by atoms with van der Waals surface area (Å²) in [5.41, 5.74) is 0.